The minimum Gasteiger partial charge on any atom is -0.497 e. The van der Waals surface area contributed by atoms with Crippen molar-refractivity contribution in [3.63, 3.8) is 0 Å². The van der Waals surface area contributed by atoms with E-state index in [4.69, 9.17) is 9.47 Å². The van der Waals surface area contributed by atoms with Gasteiger partial charge in [0.05, 0.1) is 19.1 Å². The van der Waals surface area contributed by atoms with Gasteiger partial charge in [0.2, 0.25) is 0 Å². The predicted molar refractivity (Wildman–Crippen MR) is 93.1 cm³/mol. The molecule has 2 aromatic rings. The summed E-state index contributed by atoms with van der Waals surface area (Å²) in [5.41, 5.74) is 1.72. The molecule has 0 saturated carbocycles. The largest absolute Gasteiger partial charge is 0.497 e. The fourth-order valence-corrected chi connectivity index (χ4v) is 3.12. The molecule has 0 unspecified atom stereocenters. The highest BCUT2D eigenvalue weighted by Gasteiger charge is 2.23. The van der Waals surface area contributed by atoms with E-state index in [0.717, 1.165) is 11.1 Å². The maximum absolute atomic E-state index is 12.2. The summed E-state index contributed by atoms with van der Waals surface area (Å²) in [6, 6.07) is 15.1. The molecule has 0 radical (unpaired) electrons. The first-order valence-electron chi connectivity index (χ1n) is 7.01. The Morgan fingerprint density at radius 3 is 2.52 bits per heavy atom. The number of benzene rings is 2. The number of hydrogen-bond donors (Lipinski definition) is 0. The molecular weight excluding hydrogens is 310 g/mol. The zero-order valence-corrected chi connectivity index (χ0v) is 13.6. The van der Waals surface area contributed by atoms with Gasteiger partial charge in [-0.05, 0) is 24.3 Å². The van der Waals surface area contributed by atoms with Crippen LogP contribution in [0.5, 0.6) is 11.5 Å². The van der Waals surface area contributed by atoms with Gasteiger partial charge in [0.1, 0.15) is 16.5 Å². The Kier molecular flexibility index (Phi) is 4.48. The van der Waals surface area contributed by atoms with Gasteiger partial charge in [0.25, 0.3) is 5.91 Å². The van der Waals surface area contributed by atoms with Crippen LogP contribution in [0.3, 0.4) is 0 Å². The van der Waals surface area contributed by atoms with Crippen molar-refractivity contribution in [1.29, 1.82) is 0 Å². The fraction of sp³-hybridized carbons (Fsp3) is 0.111. The SMILES string of the molecule is COc1ccc(OC)c(/C=C2\SC(c3ccccc3)=NC2=O)c1. The van der Waals surface area contributed by atoms with Gasteiger partial charge < -0.3 is 9.47 Å². The Hall–Kier alpha value is -2.53. The van der Waals surface area contributed by atoms with E-state index in [1.165, 1.54) is 11.8 Å². The summed E-state index contributed by atoms with van der Waals surface area (Å²) < 4.78 is 10.6. The lowest BCUT2D eigenvalue weighted by atomic mass is 10.1. The second-order valence-corrected chi connectivity index (χ2v) is 5.84. The highest BCUT2D eigenvalue weighted by molar-refractivity contribution is 8.19. The van der Waals surface area contributed by atoms with Crippen molar-refractivity contribution >= 4 is 28.8 Å². The summed E-state index contributed by atoms with van der Waals surface area (Å²) in [7, 11) is 3.20. The van der Waals surface area contributed by atoms with Gasteiger partial charge >= 0.3 is 0 Å². The Labute approximate surface area is 138 Å². The number of amides is 1. The molecule has 0 fully saturated rings. The Balaban J connectivity index is 1.92. The highest BCUT2D eigenvalue weighted by Crippen LogP contribution is 2.34. The van der Waals surface area contributed by atoms with E-state index in [0.29, 0.717) is 21.4 Å². The monoisotopic (exact) mass is 325 g/mol. The maximum atomic E-state index is 12.2. The molecule has 0 N–H and O–H groups in total. The minimum atomic E-state index is -0.237. The number of thioether (sulfide) groups is 1. The quantitative estimate of drug-likeness (QED) is 0.803. The van der Waals surface area contributed by atoms with Crippen LogP contribution in [0.25, 0.3) is 6.08 Å². The van der Waals surface area contributed by atoms with E-state index in [-0.39, 0.29) is 5.91 Å². The van der Waals surface area contributed by atoms with Gasteiger partial charge in [-0.3, -0.25) is 4.79 Å². The molecule has 0 saturated heterocycles. The molecule has 116 valence electrons. The smallest absolute Gasteiger partial charge is 0.284 e. The lowest BCUT2D eigenvalue weighted by Crippen LogP contribution is -1.92. The second kappa shape index (κ2) is 6.71. The zero-order chi connectivity index (χ0) is 16.2. The number of rotatable bonds is 4. The van der Waals surface area contributed by atoms with Gasteiger partial charge in [-0.15, -0.1) is 0 Å². The third-order valence-corrected chi connectivity index (χ3v) is 4.40. The van der Waals surface area contributed by atoms with Crippen molar-refractivity contribution in [2.24, 2.45) is 4.99 Å². The minimum absolute atomic E-state index is 0.237. The molecule has 4 nitrogen and oxygen atoms in total. The van der Waals surface area contributed by atoms with E-state index >= 15 is 0 Å². The Bertz CT molecular complexity index is 797. The van der Waals surface area contributed by atoms with Crippen molar-refractivity contribution in [3.05, 3.63) is 64.6 Å². The maximum Gasteiger partial charge on any atom is 0.284 e. The average Bonchev–Trinajstić information content (AvgIpc) is 2.96. The topological polar surface area (TPSA) is 47.9 Å². The third kappa shape index (κ3) is 3.29. The number of carbonyl (C=O) groups is 1. The van der Waals surface area contributed by atoms with Gasteiger partial charge in [0.15, 0.2) is 0 Å². The molecule has 0 atom stereocenters. The summed E-state index contributed by atoms with van der Waals surface area (Å²) in [6.45, 7) is 0. The standard InChI is InChI=1S/C18H15NO3S/c1-21-14-8-9-15(22-2)13(10-14)11-16-17(20)19-18(23-16)12-6-4-3-5-7-12/h3-11H,1-2H3/b16-11-. The molecule has 0 aromatic heterocycles. The summed E-state index contributed by atoms with van der Waals surface area (Å²) in [5, 5.41) is 0.712. The van der Waals surface area contributed by atoms with Crippen LogP contribution in [-0.4, -0.2) is 25.2 Å². The van der Waals surface area contributed by atoms with Crippen LogP contribution in [0.2, 0.25) is 0 Å². The van der Waals surface area contributed by atoms with Gasteiger partial charge in [-0.2, -0.15) is 0 Å². The van der Waals surface area contributed by atoms with Crippen molar-refractivity contribution in [2.75, 3.05) is 14.2 Å². The zero-order valence-electron chi connectivity index (χ0n) is 12.8. The number of hydrogen-bond acceptors (Lipinski definition) is 4. The van der Waals surface area contributed by atoms with Crippen molar-refractivity contribution < 1.29 is 14.3 Å². The van der Waals surface area contributed by atoms with Crippen LogP contribution < -0.4 is 9.47 Å². The highest BCUT2D eigenvalue weighted by atomic mass is 32.2. The first-order valence-corrected chi connectivity index (χ1v) is 7.83. The molecule has 3 rings (SSSR count). The predicted octanol–water partition coefficient (Wildman–Crippen LogP) is 3.76. The molecule has 1 aliphatic heterocycles. The van der Waals surface area contributed by atoms with Crippen LogP contribution >= 0.6 is 11.8 Å². The van der Waals surface area contributed by atoms with Crippen molar-refractivity contribution in [3.8, 4) is 11.5 Å². The molecule has 23 heavy (non-hydrogen) atoms. The van der Waals surface area contributed by atoms with Gasteiger partial charge in [-0.1, -0.05) is 42.1 Å². The molecular formula is C18H15NO3S. The number of ether oxygens (including phenoxy) is 2. The van der Waals surface area contributed by atoms with Crippen LogP contribution in [0.1, 0.15) is 11.1 Å². The molecule has 1 aliphatic rings. The van der Waals surface area contributed by atoms with E-state index < -0.39 is 0 Å². The van der Waals surface area contributed by atoms with E-state index in [1.54, 1.807) is 20.3 Å². The van der Waals surface area contributed by atoms with Gasteiger partial charge in [-0.25, -0.2) is 4.99 Å². The fourth-order valence-electron chi connectivity index (χ4n) is 2.21. The Morgan fingerprint density at radius 1 is 1.04 bits per heavy atom. The summed E-state index contributed by atoms with van der Waals surface area (Å²) >= 11 is 1.36. The van der Waals surface area contributed by atoms with Crippen LogP contribution in [-0.2, 0) is 4.79 Å². The molecule has 0 aliphatic carbocycles. The molecule has 0 bridgehead atoms. The number of nitrogens with zero attached hydrogens (tertiary/aromatic N) is 1. The van der Waals surface area contributed by atoms with E-state index in [9.17, 15) is 4.79 Å². The number of aliphatic imine (C=N–C) groups is 1. The van der Waals surface area contributed by atoms with E-state index in [2.05, 4.69) is 4.99 Å². The molecule has 5 heteroatoms. The van der Waals surface area contributed by atoms with Gasteiger partial charge in [0, 0.05) is 11.1 Å². The molecule has 2 aromatic carbocycles. The van der Waals surface area contributed by atoms with Crippen LogP contribution in [0.4, 0.5) is 0 Å². The van der Waals surface area contributed by atoms with Crippen molar-refractivity contribution in [1.82, 2.24) is 0 Å². The molecule has 1 amide bonds. The summed E-state index contributed by atoms with van der Waals surface area (Å²) in [6.07, 6.45) is 1.79. The first-order chi connectivity index (χ1) is 11.2. The normalized spacial score (nSPS) is 15.7. The lowest BCUT2D eigenvalue weighted by molar-refractivity contribution is -0.113. The summed E-state index contributed by atoms with van der Waals surface area (Å²) in [4.78, 5) is 16.9. The lowest BCUT2D eigenvalue weighted by Gasteiger charge is -2.07. The van der Waals surface area contributed by atoms with Crippen molar-refractivity contribution in [2.45, 2.75) is 0 Å². The first kappa shape index (κ1) is 15.4. The van der Waals surface area contributed by atoms with Crippen LogP contribution in [0, 0.1) is 0 Å². The second-order valence-electron chi connectivity index (χ2n) is 4.81. The molecule has 1 heterocycles. The number of methoxy groups -OCH3 is 2. The molecule has 0 spiro atoms. The summed E-state index contributed by atoms with van der Waals surface area (Å²) in [5.74, 6) is 1.15. The Morgan fingerprint density at radius 2 is 1.83 bits per heavy atom. The average molecular weight is 325 g/mol. The van der Waals surface area contributed by atoms with Crippen LogP contribution in [0.15, 0.2) is 58.4 Å². The van der Waals surface area contributed by atoms with E-state index in [1.807, 2.05) is 48.5 Å². The third-order valence-electron chi connectivity index (χ3n) is 3.36. The number of carbonyl (C=O) groups excluding carboxylic acids is 1.